The third kappa shape index (κ3) is 3.83. The third-order valence-corrected chi connectivity index (χ3v) is 2.65. The molecule has 0 aliphatic rings. The molecule has 0 aliphatic carbocycles. The minimum Gasteiger partial charge on any atom is -0.383 e. The van der Waals surface area contributed by atoms with Crippen LogP contribution in [-0.4, -0.2) is 35.6 Å². The molecular formula is C14H18N4O2. The van der Waals surface area contributed by atoms with E-state index < -0.39 is 0 Å². The number of urea groups is 1. The number of hydrogen-bond donors (Lipinski definition) is 2. The van der Waals surface area contributed by atoms with E-state index in [1.807, 2.05) is 37.3 Å². The molecule has 0 bridgehead atoms. The first-order valence-electron chi connectivity index (χ1n) is 6.36. The minimum atomic E-state index is -0.298. The fraction of sp³-hybridized carbons (Fsp3) is 0.286. The largest absolute Gasteiger partial charge is 0.383 e. The van der Waals surface area contributed by atoms with E-state index in [1.165, 1.54) is 0 Å². The molecule has 2 amide bonds. The summed E-state index contributed by atoms with van der Waals surface area (Å²) in [7, 11) is 1.59. The maximum atomic E-state index is 11.7. The first-order valence-corrected chi connectivity index (χ1v) is 6.36. The van der Waals surface area contributed by atoms with Crippen molar-refractivity contribution in [1.29, 1.82) is 0 Å². The van der Waals surface area contributed by atoms with Crippen LogP contribution in [-0.2, 0) is 4.74 Å². The number of rotatable bonds is 5. The Morgan fingerprint density at radius 1 is 1.35 bits per heavy atom. The van der Waals surface area contributed by atoms with E-state index in [1.54, 1.807) is 24.1 Å². The number of aromatic nitrogens is 2. The van der Waals surface area contributed by atoms with E-state index in [4.69, 9.17) is 4.74 Å². The standard InChI is InChI=1S/C14H18N4O2/c1-11(10-20-2)15-14(19)16-13-8-9-18(17-13)12-6-4-3-5-7-12/h3-9,11H,10H2,1-2H3,(H2,15,16,17,19). The Morgan fingerprint density at radius 2 is 2.10 bits per heavy atom. The second-order valence-electron chi connectivity index (χ2n) is 4.44. The molecular weight excluding hydrogens is 256 g/mol. The van der Waals surface area contributed by atoms with Crippen LogP contribution < -0.4 is 10.6 Å². The maximum Gasteiger partial charge on any atom is 0.320 e. The van der Waals surface area contributed by atoms with Gasteiger partial charge in [0.2, 0.25) is 0 Å². The van der Waals surface area contributed by atoms with E-state index >= 15 is 0 Å². The summed E-state index contributed by atoms with van der Waals surface area (Å²) < 4.78 is 6.66. The summed E-state index contributed by atoms with van der Waals surface area (Å²) >= 11 is 0. The number of nitrogens with zero attached hydrogens (tertiary/aromatic N) is 2. The van der Waals surface area contributed by atoms with Gasteiger partial charge in [0, 0.05) is 19.4 Å². The third-order valence-electron chi connectivity index (χ3n) is 2.65. The van der Waals surface area contributed by atoms with Gasteiger partial charge in [-0.15, -0.1) is 5.10 Å². The highest BCUT2D eigenvalue weighted by atomic mass is 16.5. The van der Waals surface area contributed by atoms with Gasteiger partial charge in [-0.3, -0.25) is 5.32 Å². The zero-order valence-electron chi connectivity index (χ0n) is 11.5. The highest BCUT2D eigenvalue weighted by Crippen LogP contribution is 2.09. The summed E-state index contributed by atoms with van der Waals surface area (Å²) in [6.07, 6.45) is 1.80. The molecule has 2 aromatic rings. The van der Waals surface area contributed by atoms with Crippen molar-refractivity contribution in [3.63, 3.8) is 0 Å². The molecule has 2 N–H and O–H groups in total. The van der Waals surface area contributed by atoms with Crippen LogP contribution in [0.5, 0.6) is 0 Å². The molecule has 0 spiro atoms. The van der Waals surface area contributed by atoms with Crippen LogP contribution in [0.4, 0.5) is 10.6 Å². The molecule has 1 unspecified atom stereocenters. The van der Waals surface area contributed by atoms with Gasteiger partial charge in [0.1, 0.15) is 0 Å². The Morgan fingerprint density at radius 3 is 2.80 bits per heavy atom. The van der Waals surface area contributed by atoms with Crippen molar-refractivity contribution in [1.82, 2.24) is 15.1 Å². The van der Waals surface area contributed by atoms with Crippen molar-refractivity contribution in [3.05, 3.63) is 42.6 Å². The lowest BCUT2D eigenvalue weighted by molar-refractivity contribution is 0.173. The van der Waals surface area contributed by atoms with Gasteiger partial charge >= 0.3 is 6.03 Å². The lowest BCUT2D eigenvalue weighted by Gasteiger charge is -2.12. The van der Waals surface area contributed by atoms with E-state index in [-0.39, 0.29) is 12.1 Å². The molecule has 1 aromatic heterocycles. The minimum absolute atomic E-state index is 0.0591. The van der Waals surface area contributed by atoms with Gasteiger partial charge in [-0.25, -0.2) is 9.48 Å². The Kier molecular flexibility index (Phi) is 4.73. The zero-order chi connectivity index (χ0) is 14.4. The number of carbonyl (C=O) groups is 1. The maximum absolute atomic E-state index is 11.7. The predicted octanol–water partition coefficient (Wildman–Crippen LogP) is 2.03. The van der Waals surface area contributed by atoms with Gasteiger partial charge < -0.3 is 10.1 Å². The van der Waals surface area contributed by atoms with Gasteiger partial charge in [-0.1, -0.05) is 18.2 Å². The van der Waals surface area contributed by atoms with Crippen molar-refractivity contribution in [2.75, 3.05) is 19.0 Å². The molecule has 1 atom stereocenters. The molecule has 0 saturated carbocycles. The monoisotopic (exact) mass is 274 g/mol. The van der Waals surface area contributed by atoms with Gasteiger partial charge in [-0.2, -0.15) is 0 Å². The number of para-hydroxylation sites is 1. The Labute approximate surface area is 117 Å². The van der Waals surface area contributed by atoms with Crippen LogP contribution in [0, 0.1) is 0 Å². The number of hydrogen-bond acceptors (Lipinski definition) is 3. The number of benzene rings is 1. The van der Waals surface area contributed by atoms with Crippen LogP contribution in [0.2, 0.25) is 0 Å². The lowest BCUT2D eigenvalue weighted by Crippen LogP contribution is -2.38. The average molecular weight is 274 g/mol. The number of ether oxygens (including phenoxy) is 1. The molecule has 0 saturated heterocycles. The van der Waals surface area contributed by atoms with Crippen LogP contribution >= 0.6 is 0 Å². The fourth-order valence-corrected chi connectivity index (χ4v) is 1.78. The molecule has 0 fully saturated rings. The van der Waals surface area contributed by atoms with Crippen molar-refractivity contribution in [2.24, 2.45) is 0 Å². The van der Waals surface area contributed by atoms with Crippen LogP contribution in [0.1, 0.15) is 6.92 Å². The van der Waals surface area contributed by atoms with E-state index in [2.05, 4.69) is 15.7 Å². The molecule has 20 heavy (non-hydrogen) atoms. The average Bonchev–Trinajstić information content (AvgIpc) is 2.88. The molecule has 1 heterocycles. The second kappa shape index (κ2) is 6.72. The summed E-state index contributed by atoms with van der Waals surface area (Å²) in [4.78, 5) is 11.7. The molecule has 0 aliphatic heterocycles. The first kappa shape index (κ1) is 14.1. The Balaban J connectivity index is 1.95. The lowest BCUT2D eigenvalue weighted by atomic mass is 10.3. The molecule has 106 valence electrons. The molecule has 0 radical (unpaired) electrons. The SMILES string of the molecule is COCC(C)NC(=O)Nc1ccn(-c2ccccc2)n1. The summed E-state index contributed by atoms with van der Waals surface area (Å²) in [5, 5.41) is 9.73. The molecule has 6 heteroatoms. The summed E-state index contributed by atoms with van der Waals surface area (Å²) in [6.45, 7) is 2.33. The number of methoxy groups -OCH3 is 1. The highest BCUT2D eigenvalue weighted by Gasteiger charge is 2.08. The van der Waals surface area contributed by atoms with Crippen molar-refractivity contribution >= 4 is 11.8 Å². The normalized spacial score (nSPS) is 11.9. The predicted molar refractivity (Wildman–Crippen MR) is 77.1 cm³/mol. The molecule has 6 nitrogen and oxygen atoms in total. The van der Waals surface area contributed by atoms with Gasteiger partial charge in [0.25, 0.3) is 0 Å². The van der Waals surface area contributed by atoms with E-state index in [0.29, 0.717) is 12.4 Å². The van der Waals surface area contributed by atoms with Crippen LogP contribution in [0.25, 0.3) is 5.69 Å². The first-order chi connectivity index (χ1) is 9.69. The summed E-state index contributed by atoms with van der Waals surface area (Å²) in [5.41, 5.74) is 0.939. The topological polar surface area (TPSA) is 68.2 Å². The van der Waals surface area contributed by atoms with Gasteiger partial charge in [0.05, 0.1) is 18.3 Å². The summed E-state index contributed by atoms with van der Waals surface area (Å²) in [6, 6.07) is 11.1. The number of carbonyl (C=O) groups excluding carboxylic acids is 1. The van der Waals surface area contributed by atoms with Crippen molar-refractivity contribution < 1.29 is 9.53 Å². The summed E-state index contributed by atoms with van der Waals surface area (Å²) in [5.74, 6) is 0.496. The number of anilines is 1. The zero-order valence-corrected chi connectivity index (χ0v) is 11.5. The van der Waals surface area contributed by atoms with Gasteiger partial charge in [-0.05, 0) is 19.1 Å². The van der Waals surface area contributed by atoms with Gasteiger partial charge in [0.15, 0.2) is 5.82 Å². The van der Waals surface area contributed by atoms with Crippen LogP contribution in [0.15, 0.2) is 42.6 Å². The quantitative estimate of drug-likeness (QED) is 0.876. The smallest absolute Gasteiger partial charge is 0.320 e. The Bertz CT molecular complexity index is 553. The Hall–Kier alpha value is -2.34. The number of nitrogens with one attached hydrogen (secondary N) is 2. The van der Waals surface area contributed by atoms with Crippen LogP contribution in [0.3, 0.4) is 0 Å². The number of amides is 2. The van der Waals surface area contributed by atoms with E-state index in [9.17, 15) is 4.79 Å². The molecule has 1 aromatic carbocycles. The van der Waals surface area contributed by atoms with Crippen molar-refractivity contribution in [2.45, 2.75) is 13.0 Å². The highest BCUT2D eigenvalue weighted by molar-refractivity contribution is 5.88. The molecule has 2 rings (SSSR count). The second-order valence-corrected chi connectivity index (χ2v) is 4.44. The fourth-order valence-electron chi connectivity index (χ4n) is 1.78. The van der Waals surface area contributed by atoms with Crippen molar-refractivity contribution in [3.8, 4) is 5.69 Å². The van der Waals surface area contributed by atoms with E-state index in [0.717, 1.165) is 5.69 Å².